The lowest BCUT2D eigenvalue weighted by Crippen LogP contribution is -2.40. The number of methoxy groups -OCH3 is 2. The Bertz CT molecular complexity index is 1850. The zero-order valence-electron chi connectivity index (χ0n) is 22.1. The number of furan rings is 1. The van der Waals surface area contributed by atoms with Gasteiger partial charge >= 0.3 is 5.97 Å². The number of halogens is 2. The zero-order chi connectivity index (χ0) is 29.3. The van der Waals surface area contributed by atoms with Gasteiger partial charge in [0.25, 0.3) is 5.56 Å². The standard InChI is InChI=1S/C27H22Br2N4O6S2/c1-5-38-24(35)21-13(2)32-27-33(22(21)15-11-18(36-3)19(37-4)12-16(15)28)23(34)20(40-27)10-14-9-17(29)25(39-14)41-26-30-7-6-8-31-26/h6-12,22H,5H2,1-4H3/b20-10+/t22-/m0/s1. The first-order chi connectivity index (χ1) is 19.7. The van der Waals surface area contributed by atoms with E-state index in [0.717, 1.165) is 0 Å². The Morgan fingerprint density at radius 2 is 1.85 bits per heavy atom. The molecule has 0 saturated heterocycles. The Morgan fingerprint density at radius 3 is 2.54 bits per heavy atom. The van der Waals surface area contributed by atoms with Crippen molar-refractivity contribution in [2.75, 3.05) is 20.8 Å². The van der Waals surface area contributed by atoms with Crippen molar-refractivity contribution in [2.24, 2.45) is 4.99 Å². The van der Waals surface area contributed by atoms with E-state index in [4.69, 9.17) is 18.6 Å². The number of allylic oxidation sites excluding steroid dienone is 1. The monoisotopic (exact) mass is 720 g/mol. The summed E-state index contributed by atoms with van der Waals surface area (Å²) in [6, 6.07) is 6.13. The van der Waals surface area contributed by atoms with Crippen LogP contribution in [-0.2, 0) is 9.53 Å². The van der Waals surface area contributed by atoms with Gasteiger partial charge in [-0.15, -0.1) is 0 Å². The summed E-state index contributed by atoms with van der Waals surface area (Å²) in [6.07, 6.45) is 4.94. The lowest BCUT2D eigenvalue weighted by Gasteiger charge is -2.26. The van der Waals surface area contributed by atoms with Crippen LogP contribution in [0.3, 0.4) is 0 Å². The van der Waals surface area contributed by atoms with E-state index >= 15 is 0 Å². The van der Waals surface area contributed by atoms with E-state index in [1.54, 1.807) is 56.6 Å². The van der Waals surface area contributed by atoms with Crippen LogP contribution in [0.15, 0.2) is 81.3 Å². The number of ether oxygens (including phenoxy) is 3. The maximum absolute atomic E-state index is 14.0. The average Bonchev–Trinajstić information content (AvgIpc) is 3.45. The third kappa shape index (κ3) is 5.78. The molecule has 3 aromatic heterocycles. The smallest absolute Gasteiger partial charge is 0.338 e. The average molecular weight is 722 g/mol. The molecule has 4 aromatic rings. The number of thiazole rings is 1. The minimum Gasteiger partial charge on any atom is -0.493 e. The fourth-order valence-corrected chi connectivity index (χ4v) is 7.03. The first-order valence-corrected chi connectivity index (χ1v) is 15.3. The van der Waals surface area contributed by atoms with Crippen molar-refractivity contribution in [1.82, 2.24) is 14.5 Å². The Kier molecular flexibility index (Phi) is 8.82. The first kappa shape index (κ1) is 29.3. The van der Waals surface area contributed by atoms with E-state index in [0.29, 0.717) is 57.0 Å². The molecule has 1 aliphatic heterocycles. The molecule has 0 bridgehead atoms. The minimum absolute atomic E-state index is 0.168. The van der Waals surface area contributed by atoms with Gasteiger partial charge in [-0.3, -0.25) is 9.36 Å². The van der Waals surface area contributed by atoms with Crippen LogP contribution < -0.4 is 24.4 Å². The molecule has 0 radical (unpaired) electrons. The number of carbonyl (C=O) groups is 1. The number of hydrogen-bond acceptors (Lipinski definition) is 11. The van der Waals surface area contributed by atoms with Gasteiger partial charge in [-0.05, 0) is 71.4 Å². The van der Waals surface area contributed by atoms with Crippen molar-refractivity contribution in [3.8, 4) is 11.5 Å². The predicted octanol–water partition coefficient (Wildman–Crippen LogP) is 4.87. The molecule has 41 heavy (non-hydrogen) atoms. The van der Waals surface area contributed by atoms with Crippen LogP contribution in [-0.4, -0.2) is 41.3 Å². The normalized spacial score (nSPS) is 15.0. The second kappa shape index (κ2) is 12.3. The van der Waals surface area contributed by atoms with Crippen LogP contribution in [0, 0.1) is 0 Å². The Labute approximate surface area is 259 Å². The summed E-state index contributed by atoms with van der Waals surface area (Å²) >= 11 is 9.56. The van der Waals surface area contributed by atoms with Gasteiger partial charge < -0.3 is 18.6 Å². The van der Waals surface area contributed by atoms with Crippen LogP contribution in [0.4, 0.5) is 0 Å². The molecule has 4 heterocycles. The Balaban J connectivity index is 1.66. The number of aromatic nitrogens is 3. The second-order valence-corrected chi connectivity index (χ2v) is 12.1. The molecule has 14 heteroatoms. The molecule has 0 fully saturated rings. The quantitative estimate of drug-likeness (QED) is 0.186. The van der Waals surface area contributed by atoms with Crippen molar-refractivity contribution in [2.45, 2.75) is 30.1 Å². The van der Waals surface area contributed by atoms with Gasteiger partial charge in [-0.1, -0.05) is 27.3 Å². The molecule has 5 rings (SSSR count). The van der Waals surface area contributed by atoms with Gasteiger partial charge in [0.1, 0.15) is 5.76 Å². The fraction of sp³-hybridized carbons (Fsp3) is 0.222. The lowest BCUT2D eigenvalue weighted by molar-refractivity contribution is -0.139. The summed E-state index contributed by atoms with van der Waals surface area (Å²) in [5.41, 5.74) is 0.962. The number of rotatable bonds is 8. The van der Waals surface area contributed by atoms with Crippen molar-refractivity contribution in [1.29, 1.82) is 0 Å². The summed E-state index contributed by atoms with van der Waals surface area (Å²) in [5, 5.41) is 1.07. The Morgan fingerprint density at radius 1 is 1.15 bits per heavy atom. The molecule has 1 aromatic carbocycles. The number of nitrogens with zero attached hydrogens (tertiary/aromatic N) is 4. The first-order valence-electron chi connectivity index (χ1n) is 12.1. The largest absolute Gasteiger partial charge is 0.493 e. The highest BCUT2D eigenvalue weighted by molar-refractivity contribution is 9.10. The molecular formula is C27H22Br2N4O6S2. The molecule has 0 aliphatic carbocycles. The van der Waals surface area contributed by atoms with E-state index < -0.39 is 12.0 Å². The summed E-state index contributed by atoms with van der Waals surface area (Å²) < 4.78 is 25.5. The molecule has 0 amide bonds. The van der Waals surface area contributed by atoms with E-state index in [-0.39, 0.29) is 17.7 Å². The number of carbonyl (C=O) groups excluding carboxylic acids is 1. The van der Waals surface area contributed by atoms with Gasteiger partial charge in [0.15, 0.2) is 26.5 Å². The highest BCUT2D eigenvalue weighted by Gasteiger charge is 2.35. The van der Waals surface area contributed by atoms with Gasteiger partial charge in [0.2, 0.25) is 0 Å². The maximum Gasteiger partial charge on any atom is 0.338 e. The van der Waals surface area contributed by atoms with E-state index in [2.05, 4.69) is 46.8 Å². The highest BCUT2D eigenvalue weighted by atomic mass is 79.9. The molecule has 1 atom stereocenters. The fourth-order valence-electron chi connectivity index (χ4n) is 4.23. The minimum atomic E-state index is -0.841. The van der Waals surface area contributed by atoms with Gasteiger partial charge in [0.05, 0.1) is 47.1 Å². The van der Waals surface area contributed by atoms with Gasteiger partial charge in [0, 0.05) is 22.9 Å². The lowest BCUT2D eigenvalue weighted by atomic mass is 9.95. The van der Waals surface area contributed by atoms with Crippen molar-refractivity contribution in [3.63, 3.8) is 0 Å². The third-order valence-corrected chi connectivity index (χ3v) is 9.39. The third-order valence-electron chi connectivity index (χ3n) is 5.99. The summed E-state index contributed by atoms with van der Waals surface area (Å²) in [7, 11) is 3.05. The molecule has 10 nitrogen and oxygen atoms in total. The van der Waals surface area contributed by atoms with Crippen LogP contribution >= 0.6 is 55.0 Å². The summed E-state index contributed by atoms with van der Waals surface area (Å²) in [5.74, 6) is 0.825. The molecule has 212 valence electrons. The topological polar surface area (TPSA) is 118 Å². The molecule has 0 N–H and O–H groups in total. The number of benzene rings is 1. The number of fused-ring (bicyclic) bond motifs is 1. The van der Waals surface area contributed by atoms with E-state index in [1.807, 2.05) is 0 Å². The molecule has 0 saturated carbocycles. The number of esters is 1. The van der Waals surface area contributed by atoms with Gasteiger partial charge in [-0.2, -0.15) is 0 Å². The number of hydrogen-bond donors (Lipinski definition) is 0. The van der Waals surface area contributed by atoms with Crippen molar-refractivity contribution in [3.05, 3.63) is 87.9 Å². The molecule has 1 aliphatic rings. The van der Waals surface area contributed by atoms with E-state index in [1.165, 1.54) is 41.9 Å². The zero-order valence-corrected chi connectivity index (χ0v) is 26.9. The summed E-state index contributed by atoms with van der Waals surface area (Å²) in [4.78, 5) is 40.7. The second-order valence-electron chi connectivity index (χ2n) is 8.45. The molecule has 0 unspecified atom stereocenters. The summed E-state index contributed by atoms with van der Waals surface area (Å²) in [6.45, 7) is 3.62. The van der Waals surface area contributed by atoms with E-state index in [9.17, 15) is 9.59 Å². The van der Waals surface area contributed by atoms with Crippen LogP contribution in [0.5, 0.6) is 11.5 Å². The van der Waals surface area contributed by atoms with Crippen LogP contribution in [0.25, 0.3) is 6.08 Å². The molecular weight excluding hydrogens is 700 g/mol. The molecule has 0 spiro atoms. The highest BCUT2D eigenvalue weighted by Crippen LogP contribution is 2.41. The predicted molar refractivity (Wildman–Crippen MR) is 160 cm³/mol. The Hall–Kier alpha value is -3.20. The van der Waals surface area contributed by atoms with Gasteiger partial charge in [-0.25, -0.2) is 19.8 Å². The van der Waals surface area contributed by atoms with Crippen molar-refractivity contribution < 1.29 is 23.4 Å². The van der Waals surface area contributed by atoms with Crippen molar-refractivity contribution >= 4 is 67.0 Å². The maximum atomic E-state index is 14.0. The SMILES string of the molecule is CCOC(=O)C1=C(C)N=c2s/c(=C/c3cc(Br)c(Sc4ncccn4)o3)c(=O)n2[C@H]1c1cc(OC)c(OC)cc1Br. The van der Waals surface area contributed by atoms with Crippen LogP contribution in [0.2, 0.25) is 0 Å². The van der Waals surface area contributed by atoms with Crippen LogP contribution in [0.1, 0.15) is 31.2 Å².